The Morgan fingerprint density at radius 3 is 2.67 bits per heavy atom. The fourth-order valence-corrected chi connectivity index (χ4v) is 3.48. The molecule has 1 amide bonds. The van der Waals surface area contributed by atoms with E-state index in [1.165, 1.54) is 6.33 Å². The van der Waals surface area contributed by atoms with Gasteiger partial charge in [0, 0.05) is 12.8 Å². The smallest absolute Gasteiger partial charge is 0.248 e. The molecule has 7 nitrogen and oxygen atoms in total. The summed E-state index contributed by atoms with van der Waals surface area (Å²) in [4.78, 5) is 12.2. The molecular formula is C10H16N4O3S. The zero-order chi connectivity index (χ0) is 13.4. The minimum Gasteiger partial charge on any atom is -0.300 e. The third-order valence-corrected chi connectivity index (χ3v) is 5.48. The lowest BCUT2D eigenvalue weighted by Crippen LogP contribution is -2.54. The number of aromatic nitrogens is 3. The minimum absolute atomic E-state index is 0.289. The summed E-state index contributed by atoms with van der Waals surface area (Å²) in [7, 11) is -3.42. The number of anilines is 1. The third-order valence-electron chi connectivity index (χ3n) is 3.47. The first-order valence-electron chi connectivity index (χ1n) is 5.79. The van der Waals surface area contributed by atoms with Gasteiger partial charge in [0.2, 0.25) is 11.9 Å². The zero-order valence-corrected chi connectivity index (χ0v) is 11.2. The Morgan fingerprint density at radius 1 is 1.56 bits per heavy atom. The fourth-order valence-electron chi connectivity index (χ4n) is 2.06. The van der Waals surface area contributed by atoms with Crippen LogP contribution in [0.25, 0.3) is 0 Å². The molecule has 1 heterocycles. The van der Waals surface area contributed by atoms with Crippen LogP contribution in [0.15, 0.2) is 6.33 Å². The van der Waals surface area contributed by atoms with Crippen molar-refractivity contribution >= 4 is 21.7 Å². The fraction of sp³-hybridized carbons (Fsp3) is 0.700. The monoisotopic (exact) mass is 272 g/mol. The van der Waals surface area contributed by atoms with Gasteiger partial charge in [-0.25, -0.2) is 8.42 Å². The molecule has 0 radical (unpaired) electrons. The predicted molar refractivity (Wildman–Crippen MR) is 65.8 cm³/mol. The van der Waals surface area contributed by atoms with Gasteiger partial charge < -0.3 is 4.57 Å². The number of rotatable bonds is 4. The van der Waals surface area contributed by atoms with Gasteiger partial charge in [-0.3, -0.25) is 10.1 Å². The first-order chi connectivity index (χ1) is 8.40. The minimum atomic E-state index is -3.42. The molecule has 0 saturated heterocycles. The highest BCUT2D eigenvalue weighted by Gasteiger charge is 2.53. The molecule has 0 bridgehead atoms. The number of sulfone groups is 1. The summed E-state index contributed by atoms with van der Waals surface area (Å²) < 4.78 is 23.9. The van der Waals surface area contributed by atoms with Gasteiger partial charge in [-0.15, -0.1) is 10.2 Å². The molecule has 18 heavy (non-hydrogen) atoms. The summed E-state index contributed by atoms with van der Waals surface area (Å²) in [6.45, 7) is 2.49. The molecule has 0 aromatic carbocycles. The van der Waals surface area contributed by atoms with E-state index >= 15 is 0 Å². The number of hydrogen-bond donors (Lipinski definition) is 1. The van der Waals surface area contributed by atoms with Crippen LogP contribution >= 0.6 is 0 Å². The summed E-state index contributed by atoms with van der Waals surface area (Å²) in [5, 5.41) is 10.0. The molecule has 1 N–H and O–H groups in total. The topological polar surface area (TPSA) is 93.9 Å². The lowest BCUT2D eigenvalue weighted by atomic mass is 9.83. The van der Waals surface area contributed by atoms with Crippen LogP contribution in [0.1, 0.15) is 26.2 Å². The van der Waals surface area contributed by atoms with E-state index in [1.807, 2.05) is 6.92 Å². The average molecular weight is 272 g/mol. The Hall–Kier alpha value is -1.44. The van der Waals surface area contributed by atoms with Gasteiger partial charge in [-0.1, -0.05) is 0 Å². The van der Waals surface area contributed by atoms with Crippen molar-refractivity contribution < 1.29 is 13.2 Å². The van der Waals surface area contributed by atoms with Gasteiger partial charge in [0.05, 0.1) is 0 Å². The van der Waals surface area contributed by atoms with Crippen molar-refractivity contribution in [3.05, 3.63) is 6.33 Å². The summed E-state index contributed by atoms with van der Waals surface area (Å²) >= 11 is 0. The molecule has 2 rings (SSSR count). The van der Waals surface area contributed by atoms with E-state index in [4.69, 9.17) is 0 Å². The molecule has 0 aliphatic heterocycles. The van der Waals surface area contributed by atoms with Crippen LogP contribution in [0.2, 0.25) is 0 Å². The molecule has 0 unspecified atom stereocenters. The number of aryl methyl sites for hydroxylation is 1. The number of hydrogen-bond acceptors (Lipinski definition) is 5. The van der Waals surface area contributed by atoms with Crippen molar-refractivity contribution in [2.75, 3.05) is 11.6 Å². The highest BCUT2D eigenvalue weighted by Crippen LogP contribution is 2.39. The number of carbonyl (C=O) groups is 1. The van der Waals surface area contributed by atoms with Gasteiger partial charge >= 0.3 is 0 Å². The van der Waals surface area contributed by atoms with Crippen molar-refractivity contribution in [1.29, 1.82) is 0 Å². The van der Waals surface area contributed by atoms with E-state index in [0.717, 1.165) is 12.7 Å². The summed E-state index contributed by atoms with van der Waals surface area (Å²) in [5.41, 5.74) is 0. The summed E-state index contributed by atoms with van der Waals surface area (Å²) in [6, 6.07) is 0. The van der Waals surface area contributed by atoms with Gasteiger partial charge in [0.15, 0.2) is 14.6 Å². The predicted octanol–water partition coefficient (Wildman–Crippen LogP) is 0.204. The lowest BCUT2D eigenvalue weighted by molar-refractivity contribution is -0.120. The highest BCUT2D eigenvalue weighted by molar-refractivity contribution is 7.93. The normalized spacial score (nSPS) is 18.1. The van der Waals surface area contributed by atoms with Gasteiger partial charge in [0.25, 0.3) is 0 Å². The highest BCUT2D eigenvalue weighted by atomic mass is 32.2. The van der Waals surface area contributed by atoms with Crippen LogP contribution in [-0.4, -0.2) is 40.1 Å². The Labute approximate surface area is 106 Å². The van der Waals surface area contributed by atoms with Crippen LogP contribution in [0.3, 0.4) is 0 Å². The molecule has 100 valence electrons. The quantitative estimate of drug-likeness (QED) is 0.845. The second-order valence-corrected chi connectivity index (χ2v) is 6.84. The van der Waals surface area contributed by atoms with E-state index in [9.17, 15) is 13.2 Å². The largest absolute Gasteiger partial charge is 0.300 e. The Morgan fingerprint density at radius 2 is 2.22 bits per heavy atom. The SMILES string of the molecule is CCn1cnnc1NC(=O)C1(S(C)(=O)=O)CCC1. The first kappa shape index (κ1) is 13.0. The Bertz CT molecular complexity index is 559. The van der Waals surface area contributed by atoms with Gasteiger partial charge in [-0.05, 0) is 26.2 Å². The molecule has 0 spiro atoms. The lowest BCUT2D eigenvalue weighted by Gasteiger charge is -2.37. The van der Waals surface area contributed by atoms with Crippen molar-refractivity contribution in [2.45, 2.75) is 37.5 Å². The second kappa shape index (κ2) is 4.34. The molecule has 1 fully saturated rings. The van der Waals surface area contributed by atoms with E-state index in [-0.39, 0.29) is 5.95 Å². The molecule has 0 atom stereocenters. The second-order valence-electron chi connectivity index (χ2n) is 4.51. The maximum atomic E-state index is 12.2. The van der Waals surface area contributed by atoms with E-state index in [1.54, 1.807) is 4.57 Å². The Kier molecular flexibility index (Phi) is 3.14. The van der Waals surface area contributed by atoms with Crippen LogP contribution < -0.4 is 5.32 Å². The molecule has 8 heteroatoms. The molecule has 1 aliphatic rings. The van der Waals surface area contributed by atoms with Crippen LogP contribution in [-0.2, 0) is 21.2 Å². The zero-order valence-electron chi connectivity index (χ0n) is 10.4. The molecule has 1 saturated carbocycles. The van der Waals surface area contributed by atoms with Crippen molar-refractivity contribution in [1.82, 2.24) is 14.8 Å². The van der Waals surface area contributed by atoms with Crippen LogP contribution in [0, 0.1) is 0 Å². The summed E-state index contributed by atoms with van der Waals surface area (Å²) in [6.07, 6.45) is 4.09. The Balaban J connectivity index is 2.22. The van der Waals surface area contributed by atoms with Gasteiger partial charge in [0.1, 0.15) is 6.33 Å². The number of carbonyl (C=O) groups excluding carboxylic acids is 1. The first-order valence-corrected chi connectivity index (χ1v) is 7.69. The van der Waals surface area contributed by atoms with Crippen molar-refractivity contribution in [3.8, 4) is 0 Å². The van der Waals surface area contributed by atoms with E-state index < -0.39 is 20.5 Å². The van der Waals surface area contributed by atoms with E-state index in [2.05, 4.69) is 15.5 Å². The number of amides is 1. The van der Waals surface area contributed by atoms with Crippen LogP contribution in [0.5, 0.6) is 0 Å². The summed E-state index contributed by atoms with van der Waals surface area (Å²) in [5.74, 6) is -0.212. The third kappa shape index (κ3) is 1.90. The molecule has 1 aromatic rings. The van der Waals surface area contributed by atoms with Gasteiger partial charge in [-0.2, -0.15) is 0 Å². The maximum absolute atomic E-state index is 12.2. The number of nitrogens with one attached hydrogen (secondary N) is 1. The molecule has 1 aromatic heterocycles. The van der Waals surface area contributed by atoms with Crippen molar-refractivity contribution in [2.24, 2.45) is 0 Å². The van der Waals surface area contributed by atoms with Crippen LogP contribution in [0.4, 0.5) is 5.95 Å². The standard InChI is InChI=1S/C10H16N4O3S/c1-3-14-7-11-13-9(14)12-8(15)10(5-4-6-10)18(2,16)17/h7H,3-6H2,1-2H3,(H,12,13,15). The number of nitrogens with zero attached hydrogens (tertiary/aromatic N) is 3. The van der Waals surface area contributed by atoms with Crippen molar-refractivity contribution in [3.63, 3.8) is 0 Å². The maximum Gasteiger partial charge on any atom is 0.248 e. The van der Waals surface area contributed by atoms with E-state index in [0.29, 0.717) is 19.4 Å². The molecular weight excluding hydrogens is 256 g/mol. The molecule has 1 aliphatic carbocycles. The average Bonchev–Trinajstić information content (AvgIpc) is 2.60.